The first-order chi connectivity index (χ1) is 73.0. The fraction of sp³-hybridized carbons (Fsp3) is 0.354. The van der Waals surface area contributed by atoms with Crippen LogP contribution in [0.2, 0.25) is 30.1 Å². The molecule has 2 unspecified atom stereocenters. The number of pyridine rings is 4. The van der Waals surface area contributed by atoms with Crippen molar-refractivity contribution in [2.45, 2.75) is 68.4 Å². The second-order valence-corrected chi connectivity index (χ2v) is 35.7. The molecule has 6 fully saturated rings. The number of ketones is 4. The van der Waals surface area contributed by atoms with E-state index in [1.807, 2.05) is 6.07 Å². The van der Waals surface area contributed by atoms with E-state index in [1.54, 1.807) is 37.6 Å². The number of aromatic nitrogens is 12. The van der Waals surface area contributed by atoms with Gasteiger partial charge in [0.25, 0.3) is 0 Å². The van der Waals surface area contributed by atoms with Crippen molar-refractivity contribution in [2.75, 3.05) is 179 Å². The Hall–Kier alpha value is -13.3. The van der Waals surface area contributed by atoms with E-state index in [9.17, 15) is 19.2 Å². The van der Waals surface area contributed by atoms with Crippen molar-refractivity contribution in [1.82, 2.24) is 59.8 Å². The van der Waals surface area contributed by atoms with Gasteiger partial charge in [0.1, 0.15) is 56.6 Å². The van der Waals surface area contributed by atoms with E-state index in [0.29, 0.717) is 191 Å². The monoisotopic (exact) mass is 2100 g/mol. The molecule has 37 nitrogen and oxygen atoms in total. The highest BCUT2D eigenvalue weighted by molar-refractivity contribution is 6.43. The normalized spacial score (nSPS) is 20.3. The van der Waals surface area contributed by atoms with Gasteiger partial charge in [0.2, 0.25) is 23.8 Å². The smallest absolute Gasteiger partial charge is 0.223 e. The number of nitrogens with one attached hydrogen (secondary N) is 6. The van der Waals surface area contributed by atoms with Gasteiger partial charge in [-0.1, -0.05) is 95.9 Å². The zero-order valence-electron chi connectivity index (χ0n) is 87.3. The number of allylic oxidation sites excluding steroid dienone is 4. The Morgan fingerprint density at radius 1 is 0.417 bits per heavy atom. The van der Waals surface area contributed by atoms with Crippen molar-refractivity contribution in [3.05, 3.63) is 166 Å². The van der Waals surface area contributed by atoms with Crippen LogP contribution in [0.5, 0.6) is 46.0 Å². The van der Waals surface area contributed by atoms with Gasteiger partial charge in [-0.2, -0.15) is 0 Å². The molecule has 8 N–H and O–H groups in total. The SMILES string of the molecule is C=CC(=O)C[C@H]1COC[C@H]1Nc1ncc2cc(-c3c(Cl)c(OC)cc(OC)c3Cl)nc(N)c2n1.C=CC(=O)C[C@H]1COC[C@H]1Nc1ncc2cc(-c3c(Cl)c(OC)cc(OC)c3Cl)nc(N3CC4CC3CO4)c2n1.C=CC(=O)C[C@H]1COC[C@H]1Nc1ncc2cc(-c3c(F)c(OC)cc(OC)c3F)nc(NC)c2n1.[2H]C([2H])([2H])Nc1nc(-c2c(Cl)c(OC([2H])([2H])[2H])cc(OC([2H])([2H])[2H])c2Cl)cc2cnc(N[C@@H]3COC[C@@H]3CC(=O)C=C)nc12. The van der Waals surface area contributed by atoms with Gasteiger partial charge in [0.05, 0.1) is 219 Å². The van der Waals surface area contributed by atoms with E-state index >= 15 is 8.78 Å². The number of rotatable bonds is 35. The molecule has 10 atom stereocenters. The third kappa shape index (κ3) is 22.7. The van der Waals surface area contributed by atoms with Crippen molar-refractivity contribution in [2.24, 2.45) is 23.7 Å². The van der Waals surface area contributed by atoms with Crippen molar-refractivity contribution in [1.29, 1.82) is 0 Å². The number of nitrogen functional groups attached to an aromatic ring is 1. The minimum Gasteiger partial charge on any atom is -0.495 e. The second kappa shape index (κ2) is 47.0. The molecule has 12 aromatic rings. The summed E-state index contributed by atoms with van der Waals surface area (Å²) in [6.45, 7) is 16.0. The average Bonchev–Trinajstić information content (AvgIpc) is 1.69. The summed E-state index contributed by atoms with van der Waals surface area (Å²) in [4.78, 5) is 104. The minimum atomic E-state index is -2.99. The predicted molar refractivity (Wildman–Crippen MR) is 549 cm³/mol. The Bertz CT molecular complexity index is 7210. The van der Waals surface area contributed by atoms with Crippen LogP contribution in [0.4, 0.5) is 55.8 Å². The van der Waals surface area contributed by atoms with E-state index in [2.05, 4.69) is 113 Å². The quantitative estimate of drug-likeness (QED) is 0.0181. The predicted octanol–water partition coefficient (Wildman–Crippen LogP) is 17.0. The van der Waals surface area contributed by atoms with Crippen LogP contribution in [0.1, 0.15) is 44.4 Å². The molecule has 6 saturated heterocycles. The minimum absolute atomic E-state index is 0.00330. The molecule has 6 aliphatic rings. The molecule has 14 heterocycles. The standard InChI is InChI=1S/C28H29Cl2N5O5.C24H25Cl2N5O4.C24H25F2N5O4.C23H23Cl2N5O4/c1-4-17(36)5-15-11-39-13-20(15)33-28-31-9-14-6-19(23-24(29)21(37-2)8-22(38-3)25(23)30)32-27(26(14)34-28)35-10-18-7-16(35)12-40-18;2*1-5-14(32)6-13-10-35-11-16(13)30-24-28-9-12-7-15(29-23(27-2)22(12)31-24)19-20(25)17(33-3)8-18(34-4)21(19)26;1-4-13(31)5-12-9-34-10-15(12)29-23-27-8-11-6-14(28-22(26)21(11)30-23)18-19(24)16(32-2)7-17(33-3)20(18)25/h4,6,8-9,15-16,18,20H,1,5,7,10-13H2,2-3H3,(H,31,33,34);2*5,7-9,13,16H,1,6,10-11H2,2-4H3,(H,27,29)(H,28,30,31);4,6-8,12,15H,1,5,9-10H2,2-3H3,(H2,26,28)(H,27,29,30)/t15-,16?,18?,20+;2*13-,16+;12-,15+/m0000/s1/i;2D3,3D3,4D3;;. The molecule has 2 bridgehead atoms. The van der Waals surface area contributed by atoms with E-state index in [1.165, 1.54) is 91.5 Å². The first-order valence-corrected chi connectivity index (χ1v) is 46.8. The Labute approximate surface area is 868 Å². The van der Waals surface area contributed by atoms with E-state index in [-0.39, 0.29) is 179 Å². The summed E-state index contributed by atoms with van der Waals surface area (Å²) in [6.07, 6.45) is 13.8. The summed E-state index contributed by atoms with van der Waals surface area (Å²) in [7, 11) is 4.27. The summed E-state index contributed by atoms with van der Waals surface area (Å²) in [5.41, 5.74) is 9.15. The number of hydrogen-bond donors (Lipinski definition) is 7. The van der Waals surface area contributed by atoms with Crippen LogP contribution >= 0.6 is 69.6 Å². The van der Waals surface area contributed by atoms with Gasteiger partial charge in [-0.05, 0) is 55.0 Å². The Balaban J connectivity index is 0.000000153. The van der Waals surface area contributed by atoms with Crippen LogP contribution in [0.25, 0.3) is 88.6 Å². The molecule has 6 aliphatic heterocycles. The molecule has 144 heavy (non-hydrogen) atoms. The number of fused-ring (bicyclic) bond motifs is 6. The van der Waals surface area contributed by atoms with Crippen molar-refractivity contribution >= 4 is 183 Å². The summed E-state index contributed by atoms with van der Waals surface area (Å²) in [5.74, 6) is 0.138. The number of carbonyl (C=O) groups excluding carboxylic acids is 4. The van der Waals surface area contributed by atoms with Gasteiger partial charge >= 0.3 is 0 Å². The van der Waals surface area contributed by atoms with Gasteiger partial charge in [0.15, 0.2) is 69.5 Å². The number of nitrogens with zero attached hydrogens (tertiary/aromatic N) is 13. The molecule has 0 aliphatic carbocycles. The molecule has 0 radical (unpaired) electrons. The summed E-state index contributed by atoms with van der Waals surface area (Å²) >= 11 is 39.6. The third-order valence-electron chi connectivity index (χ3n) is 24.7. The number of morpholine rings is 1. The molecule has 0 amide bonds. The zero-order chi connectivity index (χ0) is 110. The molecular weight excluding hydrogens is 1990 g/mol. The molecule has 4 aromatic carbocycles. The molecule has 45 heteroatoms. The average molecular weight is 2100 g/mol. The third-order valence-corrected chi connectivity index (χ3v) is 27.0. The van der Waals surface area contributed by atoms with Crippen LogP contribution in [-0.4, -0.2) is 256 Å². The zero-order valence-corrected chi connectivity index (χ0v) is 82.8. The summed E-state index contributed by atoms with van der Waals surface area (Å²) in [6, 6.07) is 11.3. The van der Waals surface area contributed by atoms with Crippen molar-refractivity contribution < 1.29 is 102 Å². The van der Waals surface area contributed by atoms with Gasteiger partial charge in [0, 0.05) is 161 Å². The molecule has 0 spiro atoms. The van der Waals surface area contributed by atoms with E-state index < -0.39 is 44.2 Å². The molecule has 8 aromatic heterocycles. The van der Waals surface area contributed by atoms with Crippen LogP contribution in [0.15, 0.2) is 124 Å². The molecular formula is C99H102Cl6F2N20O17. The molecule has 18 rings (SSSR count). The number of anilines is 8. The number of methoxy groups -OCH3 is 8. The maximum Gasteiger partial charge on any atom is 0.223 e. The van der Waals surface area contributed by atoms with Crippen molar-refractivity contribution in [3.63, 3.8) is 0 Å². The van der Waals surface area contributed by atoms with E-state index in [0.717, 1.165) is 23.9 Å². The fourth-order valence-electron chi connectivity index (χ4n) is 17.2. The topological polar surface area (TPSA) is 444 Å². The lowest BCUT2D eigenvalue weighted by molar-refractivity contribution is -0.116. The Kier molecular flexibility index (Phi) is 30.4. The van der Waals surface area contributed by atoms with Gasteiger partial charge in [-0.3, -0.25) is 19.2 Å². The number of hydrogen-bond acceptors (Lipinski definition) is 37. The van der Waals surface area contributed by atoms with Crippen LogP contribution in [0, 0.1) is 35.3 Å². The Morgan fingerprint density at radius 2 is 0.729 bits per heavy atom. The van der Waals surface area contributed by atoms with Gasteiger partial charge < -0.3 is 104 Å². The van der Waals surface area contributed by atoms with E-state index in [4.69, 9.17) is 159 Å². The lowest BCUT2D eigenvalue weighted by Gasteiger charge is -2.29. The largest absolute Gasteiger partial charge is 0.495 e. The highest BCUT2D eigenvalue weighted by Crippen LogP contribution is 2.51. The lowest BCUT2D eigenvalue weighted by atomic mass is 9.97. The highest BCUT2D eigenvalue weighted by Gasteiger charge is 2.42. The number of nitrogens with two attached hydrogens (primary N) is 1. The van der Waals surface area contributed by atoms with Crippen LogP contribution in [0.3, 0.4) is 0 Å². The van der Waals surface area contributed by atoms with Crippen molar-refractivity contribution in [3.8, 4) is 91.0 Å². The number of carbonyl (C=O) groups is 4. The lowest BCUT2D eigenvalue weighted by Crippen LogP contribution is -2.37. The fourth-order valence-corrected chi connectivity index (χ4v) is 19.2. The summed E-state index contributed by atoms with van der Waals surface area (Å²) in [5, 5.41) is 20.8. The number of ether oxygens (including phenoxy) is 13. The second-order valence-electron chi connectivity index (χ2n) is 33.5. The molecule has 756 valence electrons. The number of benzene rings is 4. The Morgan fingerprint density at radius 3 is 1.06 bits per heavy atom. The van der Waals surface area contributed by atoms with Gasteiger partial charge in [-0.15, -0.1) is 0 Å². The first-order valence-electron chi connectivity index (χ1n) is 49.0. The maximum atomic E-state index is 15.1. The van der Waals surface area contributed by atoms with Gasteiger partial charge in [-0.25, -0.2) is 68.6 Å². The summed E-state index contributed by atoms with van der Waals surface area (Å²) < 4.78 is 168. The van der Waals surface area contributed by atoms with Crippen LogP contribution in [-0.2, 0) is 42.9 Å². The van der Waals surface area contributed by atoms with Crippen LogP contribution < -0.4 is 80.4 Å². The molecule has 0 saturated carbocycles. The highest BCUT2D eigenvalue weighted by atomic mass is 35.5. The first kappa shape index (κ1) is 93.1. The maximum absolute atomic E-state index is 15.1. The number of halogens is 8.